The molecule has 0 atom stereocenters. The Kier molecular flexibility index (Phi) is 4.21. The van der Waals surface area contributed by atoms with E-state index in [-0.39, 0.29) is 6.10 Å². The molecule has 142 valence electrons. The van der Waals surface area contributed by atoms with Crippen LogP contribution in [0.15, 0.2) is 79.4 Å². The lowest BCUT2D eigenvalue weighted by Gasteiger charge is -2.10. The van der Waals surface area contributed by atoms with E-state index in [2.05, 4.69) is 55.9 Å². The molecule has 0 radical (unpaired) electrons. The van der Waals surface area contributed by atoms with Gasteiger partial charge in [0.25, 0.3) is 0 Å². The van der Waals surface area contributed by atoms with Crippen molar-refractivity contribution in [2.75, 3.05) is 0 Å². The number of ether oxygens (including phenoxy) is 1. The molecule has 0 unspecified atom stereocenters. The maximum Gasteiger partial charge on any atom is 0.137 e. The van der Waals surface area contributed by atoms with Crippen LogP contribution < -0.4 is 4.74 Å². The molecule has 5 aromatic rings. The summed E-state index contributed by atoms with van der Waals surface area (Å²) in [4.78, 5) is 13.4. The molecule has 0 aliphatic heterocycles. The normalized spacial score (nSPS) is 11.4. The van der Waals surface area contributed by atoms with Crippen molar-refractivity contribution in [3.8, 4) is 28.1 Å². The monoisotopic (exact) mass is 380 g/mol. The van der Waals surface area contributed by atoms with Crippen LogP contribution in [0, 0.1) is 0 Å². The molecule has 0 spiro atoms. The van der Waals surface area contributed by atoms with Gasteiger partial charge in [-0.3, -0.25) is 14.4 Å². The van der Waals surface area contributed by atoms with E-state index >= 15 is 0 Å². The molecule has 0 bridgehead atoms. The number of nitrogens with zero attached hydrogens (tertiary/aromatic N) is 4. The molecular formula is C24H20N4O. The summed E-state index contributed by atoms with van der Waals surface area (Å²) in [6, 6.07) is 18.5. The number of hydrogen-bond donors (Lipinski definition) is 0. The van der Waals surface area contributed by atoms with Crippen LogP contribution in [0.1, 0.15) is 13.8 Å². The standard InChI is InChI=1S/C24H20N4O/c1-16(2)29-20-6-3-17(4-7-20)18-9-12-28-23(15-27-24(28)14-18)19-5-8-21-22(13-19)26-11-10-25-21/h3-16H,1-2H3. The van der Waals surface area contributed by atoms with E-state index in [0.29, 0.717) is 0 Å². The minimum absolute atomic E-state index is 0.168. The van der Waals surface area contributed by atoms with Gasteiger partial charge in [-0.05, 0) is 61.4 Å². The Labute approximate surface area is 168 Å². The number of benzene rings is 2. The Balaban J connectivity index is 1.51. The molecule has 0 N–H and O–H groups in total. The average Bonchev–Trinajstić information content (AvgIpc) is 3.17. The van der Waals surface area contributed by atoms with E-state index < -0.39 is 0 Å². The Morgan fingerprint density at radius 1 is 0.759 bits per heavy atom. The Bertz CT molecular complexity index is 1310. The first-order chi connectivity index (χ1) is 14.2. The fraction of sp³-hybridized carbons (Fsp3) is 0.125. The molecule has 2 aromatic carbocycles. The second-order valence-electron chi connectivity index (χ2n) is 7.24. The van der Waals surface area contributed by atoms with Crippen LogP contribution in [0.3, 0.4) is 0 Å². The minimum Gasteiger partial charge on any atom is -0.491 e. The van der Waals surface area contributed by atoms with Crippen LogP contribution in [-0.4, -0.2) is 25.5 Å². The number of fused-ring (bicyclic) bond motifs is 2. The van der Waals surface area contributed by atoms with Gasteiger partial charge in [0.1, 0.15) is 11.4 Å². The van der Waals surface area contributed by atoms with E-state index in [4.69, 9.17) is 4.74 Å². The third-order valence-electron chi connectivity index (χ3n) is 4.84. The maximum absolute atomic E-state index is 5.73. The van der Waals surface area contributed by atoms with E-state index in [1.54, 1.807) is 12.4 Å². The number of hydrogen-bond acceptors (Lipinski definition) is 4. The third-order valence-corrected chi connectivity index (χ3v) is 4.84. The predicted molar refractivity (Wildman–Crippen MR) is 115 cm³/mol. The van der Waals surface area contributed by atoms with Gasteiger partial charge in [0.15, 0.2) is 0 Å². The first-order valence-electron chi connectivity index (χ1n) is 9.63. The van der Waals surface area contributed by atoms with Crippen LogP contribution >= 0.6 is 0 Å². The Hall–Kier alpha value is -3.73. The molecule has 0 fully saturated rings. The average molecular weight is 380 g/mol. The van der Waals surface area contributed by atoms with E-state index in [0.717, 1.165) is 44.8 Å². The van der Waals surface area contributed by atoms with Gasteiger partial charge in [0.05, 0.1) is 29.0 Å². The minimum atomic E-state index is 0.168. The highest BCUT2D eigenvalue weighted by Crippen LogP contribution is 2.27. The van der Waals surface area contributed by atoms with Crippen LogP contribution in [0.5, 0.6) is 5.75 Å². The molecule has 3 heterocycles. The number of aromatic nitrogens is 4. The van der Waals surface area contributed by atoms with Gasteiger partial charge >= 0.3 is 0 Å². The van der Waals surface area contributed by atoms with Crippen LogP contribution in [0.2, 0.25) is 0 Å². The van der Waals surface area contributed by atoms with Gasteiger partial charge in [0.2, 0.25) is 0 Å². The first-order valence-corrected chi connectivity index (χ1v) is 9.63. The van der Waals surface area contributed by atoms with Crippen LogP contribution in [0.4, 0.5) is 0 Å². The SMILES string of the molecule is CC(C)Oc1ccc(-c2ccn3c(-c4ccc5nccnc5c4)cnc3c2)cc1. The molecule has 3 aromatic heterocycles. The van der Waals surface area contributed by atoms with Crippen molar-refractivity contribution in [2.24, 2.45) is 0 Å². The Morgan fingerprint density at radius 2 is 1.52 bits per heavy atom. The number of rotatable bonds is 4. The lowest BCUT2D eigenvalue weighted by atomic mass is 10.1. The summed E-state index contributed by atoms with van der Waals surface area (Å²) >= 11 is 0. The van der Waals surface area contributed by atoms with E-state index in [9.17, 15) is 0 Å². The summed E-state index contributed by atoms with van der Waals surface area (Å²) in [7, 11) is 0. The molecule has 0 aliphatic carbocycles. The van der Waals surface area contributed by atoms with Crippen molar-refractivity contribution in [3.63, 3.8) is 0 Å². The van der Waals surface area contributed by atoms with Crippen molar-refractivity contribution in [1.82, 2.24) is 19.4 Å². The fourth-order valence-electron chi connectivity index (χ4n) is 3.49. The van der Waals surface area contributed by atoms with Crippen molar-refractivity contribution < 1.29 is 4.74 Å². The van der Waals surface area contributed by atoms with E-state index in [1.165, 1.54) is 0 Å². The van der Waals surface area contributed by atoms with Crippen molar-refractivity contribution in [3.05, 3.63) is 79.4 Å². The first kappa shape index (κ1) is 17.4. The van der Waals surface area contributed by atoms with Gasteiger partial charge in [-0.1, -0.05) is 18.2 Å². The molecule has 5 heteroatoms. The molecule has 5 rings (SSSR count). The summed E-state index contributed by atoms with van der Waals surface area (Å²) in [5, 5.41) is 0. The van der Waals surface area contributed by atoms with E-state index in [1.807, 2.05) is 44.3 Å². The van der Waals surface area contributed by atoms with Gasteiger partial charge in [-0.15, -0.1) is 0 Å². The van der Waals surface area contributed by atoms with Crippen molar-refractivity contribution in [1.29, 1.82) is 0 Å². The smallest absolute Gasteiger partial charge is 0.137 e. The van der Waals surface area contributed by atoms with Crippen LogP contribution in [0.25, 0.3) is 39.1 Å². The summed E-state index contributed by atoms with van der Waals surface area (Å²) in [5.41, 5.74) is 7.01. The van der Waals surface area contributed by atoms with Crippen molar-refractivity contribution >= 4 is 16.7 Å². The highest BCUT2D eigenvalue weighted by atomic mass is 16.5. The Morgan fingerprint density at radius 3 is 2.31 bits per heavy atom. The molecule has 29 heavy (non-hydrogen) atoms. The topological polar surface area (TPSA) is 52.3 Å². The highest BCUT2D eigenvalue weighted by Gasteiger charge is 2.09. The molecule has 0 aliphatic rings. The molecule has 5 nitrogen and oxygen atoms in total. The summed E-state index contributed by atoms with van der Waals surface area (Å²) in [6.45, 7) is 4.06. The van der Waals surface area contributed by atoms with Crippen molar-refractivity contribution in [2.45, 2.75) is 20.0 Å². The maximum atomic E-state index is 5.73. The zero-order chi connectivity index (χ0) is 19.8. The third kappa shape index (κ3) is 3.31. The second-order valence-corrected chi connectivity index (χ2v) is 7.24. The van der Waals surface area contributed by atoms with Gasteiger partial charge in [-0.2, -0.15) is 0 Å². The molecule has 0 saturated heterocycles. The summed E-state index contributed by atoms with van der Waals surface area (Å²) in [6.07, 6.45) is 7.55. The quantitative estimate of drug-likeness (QED) is 0.419. The van der Waals surface area contributed by atoms with Gasteiger partial charge in [-0.25, -0.2) is 4.98 Å². The molecule has 0 saturated carbocycles. The number of imidazole rings is 1. The van der Waals surface area contributed by atoms with Gasteiger partial charge < -0.3 is 4.74 Å². The van der Waals surface area contributed by atoms with Gasteiger partial charge in [0, 0.05) is 24.2 Å². The summed E-state index contributed by atoms with van der Waals surface area (Å²) < 4.78 is 7.83. The predicted octanol–water partition coefficient (Wildman–Crippen LogP) is 5.40. The molecule has 0 amide bonds. The lowest BCUT2D eigenvalue weighted by Crippen LogP contribution is -2.05. The highest BCUT2D eigenvalue weighted by molar-refractivity contribution is 5.81. The van der Waals surface area contributed by atoms with Crippen LogP contribution in [-0.2, 0) is 0 Å². The largest absolute Gasteiger partial charge is 0.491 e. The second kappa shape index (κ2) is 7.02. The zero-order valence-electron chi connectivity index (χ0n) is 16.3. The number of pyridine rings is 1. The zero-order valence-corrected chi connectivity index (χ0v) is 16.3. The fourth-order valence-corrected chi connectivity index (χ4v) is 3.49. The lowest BCUT2D eigenvalue weighted by molar-refractivity contribution is 0.242. The summed E-state index contributed by atoms with van der Waals surface area (Å²) in [5.74, 6) is 0.882. The molecular weight excluding hydrogens is 360 g/mol.